The van der Waals surface area contributed by atoms with Crippen molar-refractivity contribution in [3.63, 3.8) is 0 Å². The van der Waals surface area contributed by atoms with Crippen molar-refractivity contribution in [1.82, 2.24) is 10.2 Å². The lowest BCUT2D eigenvalue weighted by Gasteiger charge is -2.33. The van der Waals surface area contributed by atoms with Crippen molar-refractivity contribution in [1.29, 1.82) is 0 Å². The quantitative estimate of drug-likeness (QED) is 0.456. The smallest absolute Gasteiger partial charge is 0.244 e. The highest BCUT2D eigenvalue weighted by Crippen LogP contribution is 2.27. The van der Waals surface area contributed by atoms with E-state index in [0.29, 0.717) is 12.2 Å². The Balaban J connectivity index is 2.47. The molecule has 1 N–H and O–H groups in total. The van der Waals surface area contributed by atoms with Crippen LogP contribution in [0.15, 0.2) is 48.5 Å². The molecule has 0 saturated heterocycles. The molecule has 0 radical (unpaired) electrons. The molecule has 2 aromatic carbocycles. The Morgan fingerprint density at radius 2 is 1.77 bits per heavy atom. The number of nitrogens with one attached hydrogen (secondary N) is 1. The Labute approximate surface area is 213 Å². The third-order valence-electron chi connectivity index (χ3n) is 5.67. The van der Waals surface area contributed by atoms with Crippen molar-refractivity contribution < 1.29 is 22.7 Å². The Bertz CT molecular complexity index is 1130. The van der Waals surface area contributed by atoms with E-state index in [9.17, 15) is 18.0 Å². The number of ether oxygens (including phenoxy) is 1. The summed E-state index contributed by atoms with van der Waals surface area (Å²) < 4.78 is 31.5. The molecule has 2 rings (SSSR count). The Morgan fingerprint density at radius 3 is 2.34 bits per heavy atom. The van der Waals surface area contributed by atoms with E-state index in [1.54, 1.807) is 43.5 Å². The summed E-state index contributed by atoms with van der Waals surface area (Å²) in [7, 11) is -2.30. The largest absolute Gasteiger partial charge is 0.497 e. The summed E-state index contributed by atoms with van der Waals surface area (Å²) in [5, 5.41) is 3.14. The number of sulfonamides is 1. The molecule has 0 aliphatic carbocycles. The molecule has 0 spiro atoms. The average molecular weight is 524 g/mol. The molecule has 2 amide bonds. The van der Waals surface area contributed by atoms with Gasteiger partial charge in [-0.3, -0.25) is 13.9 Å². The number of hydrogen-bond donors (Lipinski definition) is 1. The Morgan fingerprint density at radius 1 is 1.09 bits per heavy atom. The van der Waals surface area contributed by atoms with Gasteiger partial charge in [0.05, 0.1) is 24.1 Å². The minimum atomic E-state index is -3.85. The van der Waals surface area contributed by atoms with Crippen LogP contribution >= 0.6 is 11.6 Å². The fraction of sp³-hybridized carbons (Fsp3) is 0.440. The maximum atomic E-state index is 13.7. The lowest BCUT2D eigenvalue weighted by Crippen LogP contribution is -2.53. The predicted molar refractivity (Wildman–Crippen MR) is 139 cm³/mol. The van der Waals surface area contributed by atoms with Gasteiger partial charge in [-0.1, -0.05) is 49.7 Å². The van der Waals surface area contributed by atoms with Gasteiger partial charge >= 0.3 is 0 Å². The molecule has 0 unspecified atom stereocenters. The average Bonchev–Trinajstić information content (AvgIpc) is 2.82. The van der Waals surface area contributed by atoms with E-state index in [-0.39, 0.29) is 29.2 Å². The van der Waals surface area contributed by atoms with E-state index in [1.807, 2.05) is 26.8 Å². The van der Waals surface area contributed by atoms with Gasteiger partial charge in [-0.2, -0.15) is 0 Å². The molecule has 8 nitrogen and oxygen atoms in total. The first-order valence-electron chi connectivity index (χ1n) is 11.5. The third-order valence-corrected chi connectivity index (χ3v) is 7.12. The molecule has 0 aliphatic heterocycles. The molecule has 192 valence electrons. The summed E-state index contributed by atoms with van der Waals surface area (Å²) in [6, 6.07) is 12.7. The highest BCUT2D eigenvalue weighted by atomic mass is 35.5. The van der Waals surface area contributed by atoms with E-state index < -0.39 is 28.5 Å². The van der Waals surface area contributed by atoms with Crippen LogP contribution in [0.3, 0.4) is 0 Å². The fourth-order valence-corrected chi connectivity index (χ4v) is 4.73. The first-order valence-corrected chi connectivity index (χ1v) is 13.7. The lowest BCUT2D eigenvalue weighted by atomic mass is 10.1. The van der Waals surface area contributed by atoms with Crippen molar-refractivity contribution in [3.05, 3.63) is 59.1 Å². The van der Waals surface area contributed by atoms with Gasteiger partial charge in [0.2, 0.25) is 21.8 Å². The zero-order chi connectivity index (χ0) is 26.2. The molecule has 0 fully saturated rings. The first kappa shape index (κ1) is 28.5. The van der Waals surface area contributed by atoms with Crippen LogP contribution in [0.5, 0.6) is 5.75 Å². The number of amides is 2. The Hall–Kier alpha value is -2.78. The molecule has 0 bridgehead atoms. The molecule has 0 aliphatic rings. The van der Waals surface area contributed by atoms with Crippen LogP contribution in [0.4, 0.5) is 5.69 Å². The van der Waals surface area contributed by atoms with E-state index in [1.165, 1.54) is 11.0 Å². The number of methoxy groups -OCH3 is 1. The molecular weight excluding hydrogens is 490 g/mol. The number of hydrogen-bond acceptors (Lipinski definition) is 5. The maximum Gasteiger partial charge on any atom is 0.244 e. The fourth-order valence-electron chi connectivity index (χ4n) is 3.58. The van der Waals surface area contributed by atoms with Gasteiger partial charge in [-0.15, -0.1) is 0 Å². The summed E-state index contributed by atoms with van der Waals surface area (Å²) in [6.45, 7) is 5.26. The third kappa shape index (κ3) is 7.86. The van der Waals surface area contributed by atoms with Gasteiger partial charge in [-0.25, -0.2) is 8.42 Å². The summed E-state index contributed by atoms with van der Waals surface area (Å²) in [4.78, 5) is 28.2. The van der Waals surface area contributed by atoms with Gasteiger partial charge in [0.25, 0.3) is 0 Å². The molecule has 35 heavy (non-hydrogen) atoms. The van der Waals surface area contributed by atoms with Crippen molar-refractivity contribution in [2.75, 3.05) is 24.2 Å². The second-order valence-electron chi connectivity index (χ2n) is 8.34. The summed E-state index contributed by atoms with van der Waals surface area (Å²) in [5.41, 5.74) is 0.944. The van der Waals surface area contributed by atoms with Gasteiger partial charge < -0.3 is 15.0 Å². The second-order valence-corrected chi connectivity index (χ2v) is 10.7. The minimum absolute atomic E-state index is 0.0686. The van der Waals surface area contributed by atoms with Crippen molar-refractivity contribution in [3.8, 4) is 5.75 Å². The number of benzene rings is 2. The predicted octanol–water partition coefficient (Wildman–Crippen LogP) is 3.84. The summed E-state index contributed by atoms with van der Waals surface area (Å²) >= 11 is 6.26. The summed E-state index contributed by atoms with van der Waals surface area (Å²) in [6.07, 6.45) is 2.10. The van der Waals surface area contributed by atoms with Gasteiger partial charge in [0, 0.05) is 12.6 Å². The van der Waals surface area contributed by atoms with Crippen LogP contribution in [-0.4, -0.2) is 57.1 Å². The Kier molecular flexibility index (Phi) is 10.4. The normalized spacial score (nSPS) is 13.0. The molecule has 2 aromatic rings. The highest BCUT2D eigenvalue weighted by Gasteiger charge is 2.32. The zero-order valence-corrected chi connectivity index (χ0v) is 22.4. The lowest BCUT2D eigenvalue weighted by molar-refractivity contribution is -0.140. The van der Waals surface area contributed by atoms with Crippen molar-refractivity contribution >= 4 is 39.1 Å². The van der Waals surface area contributed by atoms with Crippen LogP contribution in [-0.2, 0) is 26.2 Å². The number of anilines is 1. The van der Waals surface area contributed by atoms with Crippen LogP contribution in [0.2, 0.25) is 5.02 Å². The van der Waals surface area contributed by atoms with Crippen LogP contribution in [0.25, 0.3) is 0 Å². The zero-order valence-electron chi connectivity index (χ0n) is 20.8. The van der Waals surface area contributed by atoms with Crippen molar-refractivity contribution in [2.24, 2.45) is 0 Å². The van der Waals surface area contributed by atoms with E-state index >= 15 is 0 Å². The summed E-state index contributed by atoms with van der Waals surface area (Å²) in [5.74, 6) is -0.202. The standard InChI is InChI=1S/C25H34ClN3O5S/c1-6-18(3)27-25(31)22(7-2)28(16-19-11-10-12-20(15-19)34-4)24(30)17-29(35(5,32)33)23-14-9-8-13-21(23)26/h8-15,18,22H,6-7,16-17H2,1-5H3,(H,27,31)/t18-,22-/m0/s1. The number of nitrogens with zero attached hydrogens (tertiary/aromatic N) is 2. The van der Waals surface area contributed by atoms with Crippen LogP contribution in [0.1, 0.15) is 39.2 Å². The van der Waals surface area contributed by atoms with E-state index in [0.717, 1.165) is 22.5 Å². The minimum Gasteiger partial charge on any atom is -0.497 e. The first-order chi connectivity index (χ1) is 16.5. The highest BCUT2D eigenvalue weighted by molar-refractivity contribution is 7.92. The molecule has 10 heteroatoms. The maximum absolute atomic E-state index is 13.7. The SMILES string of the molecule is CC[C@H](C)NC(=O)[C@H](CC)N(Cc1cccc(OC)c1)C(=O)CN(c1ccccc1Cl)S(C)(=O)=O. The van der Waals surface area contributed by atoms with Gasteiger partial charge in [-0.05, 0) is 49.6 Å². The van der Waals surface area contributed by atoms with E-state index in [2.05, 4.69) is 5.32 Å². The van der Waals surface area contributed by atoms with Crippen molar-refractivity contribution in [2.45, 2.75) is 52.2 Å². The number of rotatable bonds is 12. The molecule has 2 atom stereocenters. The van der Waals surface area contributed by atoms with Gasteiger partial charge in [0.1, 0.15) is 18.3 Å². The topological polar surface area (TPSA) is 96.0 Å². The van der Waals surface area contributed by atoms with Gasteiger partial charge in [0.15, 0.2) is 0 Å². The number of halogens is 1. The molecule has 0 aromatic heterocycles. The molecule has 0 saturated carbocycles. The number of para-hydroxylation sites is 1. The second kappa shape index (κ2) is 12.8. The van der Waals surface area contributed by atoms with Crippen LogP contribution in [0, 0.1) is 0 Å². The molecule has 0 heterocycles. The number of carbonyl (C=O) groups is 2. The van der Waals surface area contributed by atoms with E-state index in [4.69, 9.17) is 16.3 Å². The number of carbonyl (C=O) groups excluding carboxylic acids is 2. The van der Waals surface area contributed by atoms with Crippen LogP contribution < -0.4 is 14.4 Å². The molecular formula is C25H34ClN3O5S. The monoisotopic (exact) mass is 523 g/mol.